The maximum Gasteiger partial charge on any atom is 0.167 e. The molecule has 0 saturated heterocycles. The van der Waals surface area contributed by atoms with E-state index in [1.165, 1.54) is 11.1 Å². The van der Waals surface area contributed by atoms with Crippen molar-refractivity contribution in [3.8, 4) is 0 Å². The van der Waals surface area contributed by atoms with Gasteiger partial charge in [0.25, 0.3) is 0 Å². The molecule has 2 rings (SSSR count). The molecule has 0 atom stereocenters. The Balaban J connectivity index is 2.19. The second-order valence-corrected chi connectivity index (χ2v) is 4.58. The highest BCUT2D eigenvalue weighted by Crippen LogP contribution is 2.14. The first-order chi connectivity index (χ1) is 8.70. The molecule has 0 amide bonds. The van der Waals surface area contributed by atoms with Gasteiger partial charge >= 0.3 is 0 Å². The third-order valence-corrected chi connectivity index (χ3v) is 3.26. The van der Waals surface area contributed by atoms with Crippen molar-refractivity contribution >= 4 is 5.78 Å². The van der Waals surface area contributed by atoms with E-state index >= 15 is 0 Å². The maximum atomic E-state index is 12.2. The van der Waals surface area contributed by atoms with Crippen molar-refractivity contribution in [3.05, 3.63) is 70.8 Å². The highest BCUT2D eigenvalue weighted by atomic mass is 16.1. The zero-order chi connectivity index (χ0) is 13.0. The molecule has 0 aliphatic rings. The van der Waals surface area contributed by atoms with Crippen LogP contribution in [0.25, 0.3) is 0 Å². The normalized spacial score (nSPS) is 10.3. The molecule has 0 heterocycles. The van der Waals surface area contributed by atoms with E-state index in [0.717, 1.165) is 17.5 Å². The number of aryl methyl sites for hydroxylation is 2. The van der Waals surface area contributed by atoms with E-state index < -0.39 is 0 Å². The van der Waals surface area contributed by atoms with Crippen molar-refractivity contribution in [2.45, 2.75) is 26.7 Å². The minimum Gasteiger partial charge on any atom is -0.294 e. The van der Waals surface area contributed by atoms with Crippen LogP contribution in [0.3, 0.4) is 0 Å². The van der Waals surface area contributed by atoms with Crippen LogP contribution in [0.2, 0.25) is 0 Å². The average Bonchev–Trinajstić information content (AvgIpc) is 2.40. The fourth-order valence-electron chi connectivity index (χ4n) is 2.11. The van der Waals surface area contributed by atoms with Crippen LogP contribution in [-0.2, 0) is 12.8 Å². The molecule has 0 saturated carbocycles. The maximum absolute atomic E-state index is 12.2. The van der Waals surface area contributed by atoms with Crippen LogP contribution in [0, 0.1) is 6.92 Å². The van der Waals surface area contributed by atoms with Crippen molar-refractivity contribution < 1.29 is 4.79 Å². The minimum atomic E-state index is 0.191. The Bertz CT molecular complexity index is 541. The van der Waals surface area contributed by atoms with Gasteiger partial charge in [-0.15, -0.1) is 0 Å². The standard InChI is InChI=1S/C17H18O/c1-3-15-12-16(10-9-13(15)2)17(18)11-14-7-5-4-6-8-14/h4-10,12H,3,11H2,1-2H3. The third kappa shape index (κ3) is 2.86. The van der Waals surface area contributed by atoms with Crippen LogP contribution in [0.4, 0.5) is 0 Å². The van der Waals surface area contributed by atoms with Gasteiger partial charge in [0.1, 0.15) is 0 Å². The summed E-state index contributed by atoms with van der Waals surface area (Å²) in [6.07, 6.45) is 1.45. The van der Waals surface area contributed by atoms with Crippen LogP contribution in [-0.4, -0.2) is 5.78 Å². The lowest BCUT2D eigenvalue weighted by atomic mass is 9.98. The summed E-state index contributed by atoms with van der Waals surface area (Å²) < 4.78 is 0. The van der Waals surface area contributed by atoms with Crippen LogP contribution in [0.1, 0.15) is 34.0 Å². The number of carbonyl (C=O) groups is 1. The second-order valence-electron chi connectivity index (χ2n) is 4.58. The molecular weight excluding hydrogens is 220 g/mol. The summed E-state index contributed by atoms with van der Waals surface area (Å²) >= 11 is 0. The van der Waals surface area contributed by atoms with Gasteiger partial charge in [-0.2, -0.15) is 0 Å². The summed E-state index contributed by atoms with van der Waals surface area (Å²) in [5, 5.41) is 0. The number of hydrogen-bond donors (Lipinski definition) is 0. The highest BCUT2D eigenvalue weighted by Gasteiger charge is 2.08. The van der Waals surface area contributed by atoms with Gasteiger partial charge in [-0.25, -0.2) is 0 Å². The molecule has 0 N–H and O–H groups in total. The minimum absolute atomic E-state index is 0.191. The summed E-state index contributed by atoms with van der Waals surface area (Å²) in [5.74, 6) is 0.191. The fourth-order valence-corrected chi connectivity index (χ4v) is 2.11. The van der Waals surface area contributed by atoms with Crippen molar-refractivity contribution in [1.82, 2.24) is 0 Å². The van der Waals surface area contributed by atoms with E-state index in [2.05, 4.69) is 13.8 Å². The molecule has 0 aromatic heterocycles. The van der Waals surface area contributed by atoms with Gasteiger partial charge in [0.15, 0.2) is 5.78 Å². The summed E-state index contributed by atoms with van der Waals surface area (Å²) in [6.45, 7) is 4.21. The number of Topliss-reactive ketones (excluding diaryl/α,β-unsaturated/α-hetero) is 1. The van der Waals surface area contributed by atoms with E-state index in [9.17, 15) is 4.79 Å². The fraction of sp³-hybridized carbons (Fsp3) is 0.235. The first-order valence-corrected chi connectivity index (χ1v) is 6.37. The molecule has 2 aromatic rings. The van der Waals surface area contributed by atoms with E-state index in [1.54, 1.807) is 0 Å². The van der Waals surface area contributed by atoms with Crippen LogP contribution >= 0.6 is 0 Å². The predicted molar refractivity (Wildman–Crippen MR) is 75.0 cm³/mol. The Kier molecular flexibility index (Phi) is 3.93. The van der Waals surface area contributed by atoms with Gasteiger partial charge in [0.05, 0.1) is 0 Å². The number of carbonyl (C=O) groups excluding carboxylic acids is 1. The zero-order valence-corrected chi connectivity index (χ0v) is 10.9. The SMILES string of the molecule is CCc1cc(C(=O)Cc2ccccc2)ccc1C. The van der Waals surface area contributed by atoms with Gasteiger partial charge < -0.3 is 0 Å². The average molecular weight is 238 g/mol. The van der Waals surface area contributed by atoms with Crippen molar-refractivity contribution in [2.75, 3.05) is 0 Å². The van der Waals surface area contributed by atoms with Gasteiger partial charge in [-0.05, 0) is 36.1 Å². The van der Waals surface area contributed by atoms with Crippen molar-refractivity contribution in [3.63, 3.8) is 0 Å². The number of rotatable bonds is 4. The molecule has 0 bridgehead atoms. The Morgan fingerprint density at radius 2 is 1.78 bits per heavy atom. The Morgan fingerprint density at radius 1 is 1.06 bits per heavy atom. The second kappa shape index (κ2) is 5.63. The molecule has 0 radical (unpaired) electrons. The molecule has 1 heteroatoms. The van der Waals surface area contributed by atoms with Crippen LogP contribution < -0.4 is 0 Å². The number of benzene rings is 2. The largest absolute Gasteiger partial charge is 0.294 e. The van der Waals surface area contributed by atoms with E-state index in [0.29, 0.717) is 6.42 Å². The Morgan fingerprint density at radius 3 is 2.44 bits per heavy atom. The van der Waals surface area contributed by atoms with Crippen LogP contribution in [0.5, 0.6) is 0 Å². The Hall–Kier alpha value is -1.89. The van der Waals surface area contributed by atoms with E-state index in [1.807, 2.05) is 48.5 Å². The molecule has 18 heavy (non-hydrogen) atoms. The van der Waals surface area contributed by atoms with Gasteiger partial charge in [-0.3, -0.25) is 4.79 Å². The van der Waals surface area contributed by atoms with E-state index in [-0.39, 0.29) is 5.78 Å². The molecule has 0 unspecified atom stereocenters. The molecule has 92 valence electrons. The first-order valence-electron chi connectivity index (χ1n) is 6.37. The van der Waals surface area contributed by atoms with Crippen molar-refractivity contribution in [2.24, 2.45) is 0 Å². The zero-order valence-electron chi connectivity index (χ0n) is 10.9. The first kappa shape index (κ1) is 12.6. The lowest BCUT2D eigenvalue weighted by Gasteiger charge is -2.06. The lowest BCUT2D eigenvalue weighted by molar-refractivity contribution is 0.0993. The van der Waals surface area contributed by atoms with Gasteiger partial charge in [0, 0.05) is 12.0 Å². The van der Waals surface area contributed by atoms with E-state index in [4.69, 9.17) is 0 Å². The smallest absolute Gasteiger partial charge is 0.167 e. The molecule has 1 nitrogen and oxygen atoms in total. The summed E-state index contributed by atoms with van der Waals surface area (Å²) in [6, 6.07) is 15.9. The monoisotopic (exact) mass is 238 g/mol. The summed E-state index contributed by atoms with van der Waals surface area (Å²) in [7, 11) is 0. The molecule has 2 aromatic carbocycles. The topological polar surface area (TPSA) is 17.1 Å². The van der Waals surface area contributed by atoms with Crippen molar-refractivity contribution in [1.29, 1.82) is 0 Å². The molecule has 0 fully saturated rings. The molecular formula is C17H18O. The van der Waals surface area contributed by atoms with Gasteiger partial charge in [0.2, 0.25) is 0 Å². The summed E-state index contributed by atoms with van der Waals surface area (Å²) in [4.78, 5) is 12.2. The number of hydrogen-bond acceptors (Lipinski definition) is 1. The third-order valence-electron chi connectivity index (χ3n) is 3.26. The summed E-state index contributed by atoms with van der Waals surface area (Å²) in [5.41, 5.74) is 4.41. The van der Waals surface area contributed by atoms with Gasteiger partial charge in [-0.1, -0.05) is 49.4 Å². The predicted octanol–water partition coefficient (Wildman–Crippen LogP) is 3.98. The molecule has 0 spiro atoms. The van der Waals surface area contributed by atoms with Crippen LogP contribution in [0.15, 0.2) is 48.5 Å². The Labute approximate surface area is 108 Å². The highest BCUT2D eigenvalue weighted by molar-refractivity contribution is 5.97. The number of ketones is 1. The quantitative estimate of drug-likeness (QED) is 0.736. The lowest BCUT2D eigenvalue weighted by Crippen LogP contribution is -2.04. The molecule has 0 aliphatic heterocycles. The molecule has 0 aliphatic carbocycles.